The summed E-state index contributed by atoms with van der Waals surface area (Å²) in [6.07, 6.45) is 0.979. The second-order valence-corrected chi connectivity index (χ2v) is 6.00. The van der Waals surface area contributed by atoms with Gasteiger partial charge in [0.25, 0.3) is 0 Å². The number of nitrogens with zero attached hydrogens (tertiary/aromatic N) is 2. The van der Waals surface area contributed by atoms with E-state index >= 15 is 0 Å². The Morgan fingerprint density at radius 1 is 1.19 bits per heavy atom. The van der Waals surface area contributed by atoms with E-state index in [1.807, 2.05) is 37.3 Å². The standard InChI is InChI=1S/C19H20FN5O/c1-13-5-7-16(8-6-13)22-19(26)21-10-9-17-23-18(25-24-17)12-14-3-2-4-15(20)11-14/h2-8,11H,9-10,12H2,1H3,(H2,21,22,26)(H,23,24,25). The van der Waals surface area contributed by atoms with Crippen LogP contribution < -0.4 is 10.6 Å². The first-order valence-electron chi connectivity index (χ1n) is 8.34. The number of aromatic amines is 1. The van der Waals surface area contributed by atoms with E-state index in [2.05, 4.69) is 25.8 Å². The number of amides is 2. The Kier molecular flexibility index (Phi) is 5.58. The van der Waals surface area contributed by atoms with Crippen molar-refractivity contribution in [1.29, 1.82) is 0 Å². The molecule has 0 saturated heterocycles. The van der Waals surface area contributed by atoms with Crippen LogP contribution in [0, 0.1) is 12.7 Å². The van der Waals surface area contributed by atoms with Gasteiger partial charge in [0.2, 0.25) is 0 Å². The van der Waals surface area contributed by atoms with Crippen molar-refractivity contribution < 1.29 is 9.18 Å². The molecule has 7 heteroatoms. The SMILES string of the molecule is Cc1ccc(NC(=O)NCCc2n[nH]c(Cc3cccc(F)c3)n2)cc1. The van der Waals surface area contributed by atoms with Crippen molar-refractivity contribution in [2.75, 3.05) is 11.9 Å². The Morgan fingerprint density at radius 3 is 2.77 bits per heavy atom. The molecule has 3 N–H and O–H groups in total. The normalized spacial score (nSPS) is 10.5. The molecule has 0 unspecified atom stereocenters. The van der Waals surface area contributed by atoms with E-state index in [1.54, 1.807) is 6.07 Å². The van der Waals surface area contributed by atoms with Gasteiger partial charge in [-0.05, 0) is 36.8 Å². The van der Waals surface area contributed by atoms with Crippen molar-refractivity contribution in [3.05, 3.63) is 77.1 Å². The lowest BCUT2D eigenvalue weighted by Crippen LogP contribution is -2.30. The maximum atomic E-state index is 13.2. The molecule has 1 heterocycles. The van der Waals surface area contributed by atoms with E-state index in [9.17, 15) is 9.18 Å². The minimum Gasteiger partial charge on any atom is -0.337 e. The van der Waals surface area contributed by atoms with Gasteiger partial charge in [-0.15, -0.1) is 0 Å². The molecular formula is C19H20FN5O. The number of rotatable bonds is 6. The number of hydrogen-bond donors (Lipinski definition) is 3. The van der Waals surface area contributed by atoms with Crippen molar-refractivity contribution in [2.45, 2.75) is 19.8 Å². The third-order valence-electron chi connectivity index (χ3n) is 3.78. The minimum absolute atomic E-state index is 0.272. The number of aryl methyl sites for hydroxylation is 1. The van der Waals surface area contributed by atoms with Crippen LogP contribution in [0.5, 0.6) is 0 Å². The lowest BCUT2D eigenvalue weighted by molar-refractivity contribution is 0.252. The van der Waals surface area contributed by atoms with Crippen LogP contribution in [0.3, 0.4) is 0 Å². The van der Waals surface area contributed by atoms with Gasteiger partial charge in [-0.2, -0.15) is 5.10 Å². The summed E-state index contributed by atoms with van der Waals surface area (Å²) in [5.74, 6) is 0.993. The number of aromatic nitrogens is 3. The third kappa shape index (κ3) is 5.14. The highest BCUT2D eigenvalue weighted by Crippen LogP contribution is 2.09. The first-order valence-corrected chi connectivity index (χ1v) is 8.34. The lowest BCUT2D eigenvalue weighted by Gasteiger charge is -2.06. The lowest BCUT2D eigenvalue weighted by atomic mass is 10.1. The second kappa shape index (κ2) is 8.24. The highest BCUT2D eigenvalue weighted by molar-refractivity contribution is 5.89. The minimum atomic E-state index is -0.274. The van der Waals surface area contributed by atoms with Crippen molar-refractivity contribution in [1.82, 2.24) is 20.5 Å². The average Bonchev–Trinajstić information content (AvgIpc) is 3.04. The van der Waals surface area contributed by atoms with Crippen LogP contribution in [0.1, 0.15) is 22.8 Å². The van der Waals surface area contributed by atoms with Gasteiger partial charge in [-0.25, -0.2) is 14.2 Å². The zero-order valence-corrected chi connectivity index (χ0v) is 14.4. The third-order valence-corrected chi connectivity index (χ3v) is 3.78. The zero-order chi connectivity index (χ0) is 18.4. The predicted molar refractivity (Wildman–Crippen MR) is 97.5 cm³/mol. The molecule has 134 valence electrons. The number of halogens is 1. The molecule has 1 aromatic heterocycles. The zero-order valence-electron chi connectivity index (χ0n) is 14.4. The summed E-state index contributed by atoms with van der Waals surface area (Å²) in [7, 11) is 0. The monoisotopic (exact) mass is 353 g/mol. The van der Waals surface area contributed by atoms with Gasteiger partial charge in [0, 0.05) is 25.1 Å². The summed E-state index contributed by atoms with van der Waals surface area (Å²) in [4.78, 5) is 16.2. The van der Waals surface area contributed by atoms with Crippen LogP contribution >= 0.6 is 0 Å². The van der Waals surface area contributed by atoms with E-state index < -0.39 is 0 Å². The molecule has 0 bridgehead atoms. The second-order valence-electron chi connectivity index (χ2n) is 6.00. The van der Waals surface area contributed by atoms with Crippen molar-refractivity contribution in [2.24, 2.45) is 0 Å². The molecule has 0 radical (unpaired) electrons. The molecule has 0 saturated carbocycles. The van der Waals surface area contributed by atoms with Crippen LogP contribution in [0.2, 0.25) is 0 Å². The summed E-state index contributed by atoms with van der Waals surface area (Å²) < 4.78 is 13.2. The fraction of sp³-hybridized carbons (Fsp3) is 0.211. The highest BCUT2D eigenvalue weighted by atomic mass is 19.1. The quantitative estimate of drug-likeness (QED) is 0.636. The molecule has 2 aromatic carbocycles. The van der Waals surface area contributed by atoms with E-state index in [1.165, 1.54) is 12.1 Å². The van der Waals surface area contributed by atoms with Crippen molar-refractivity contribution >= 4 is 11.7 Å². The Hall–Kier alpha value is -3.22. The molecule has 0 atom stereocenters. The predicted octanol–water partition coefficient (Wildman–Crippen LogP) is 3.21. The summed E-state index contributed by atoms with van der Waals surface area (Å²) >= 11 is 0. The van der Waals surface area contributed by atoms with Gasteiger partial charge in [-0.1, -0.05) is 29.8 Å². The van der Waals surface area contributed by atoms with Crippen molar-refractivity contribution in [3.8, 4) is 0 Å². The van der Waals surface area contributed by atoms with Gasteiger partial charge >= 0.3 is 6.03 Å². The fourth-order valence-electron chi connectivity index (χ4n) is 2.47. The molecule has 0 spiro atoms. The van der Waals surface area contributed by atoms with Gasteiger partial charge in [0.05, 0.1) is 0 Å². The molecule has 3 rings (SSSR count). The van der Waals surface area contributed by atoms with E-state index in [-0.39, 0.29) is 11.8 Å². The van der Waals surface area contributed by atoms with Crippen LogP contribution in [0.15, 0.2) is 48.5 Å². The summed E-state index contributed by atoms with van der Waals surface area (Å²) in [6.45, 7) is 2.40. The topological polar surface area (TPSA) is 82.7 Å². The number of anilines is 1. The van der Waals surface area contributed by atoms with Crippen LogP contribution in [-0.2, 0) is 12.8 Å². The average molecular weight is 353 g/mol. The maximum Gasteiger partial charge on any atom is 0.319 e. The maximum absolute atomic E-state index is 13.2. The van der Waals surface area contributed by atoms with Gasteiger partial charge in [-0.3, -0.25) is 5.10 Å². The molecule has 2 amide bonds. The first kappa shape index (κ1) is 17.6. The highest BCUT2D eigenvalue weighted by Gasteiger charge is 2.06. The summed E-state index contributed by atoms with van der Waals surface area (Å²) in [6, 6.07) is 13.7. The van der Waals surface area contributed by atoms with Gasteiger partial charge in [0.15, 0.2) is 5.82 Å². The molecule has 0 fully saturated rings. The molecule has 0 aliphatic carbocycles. The number of carbonyl (C=O) groups excluding carboxylic acids is 1. The Balaban J connectivity index is 1.44. The van der Waals surface area contributed by atoms with Gasteiger partial charge in [0.1, 0.15) is 11.6 Å². The van der Waals surface area contributed by atoms with Gasteiger partial charge < -0.3 is 10.6 Å². The Labute approximate surface area is 150 Å². The molecule has 6 nitrogen and oxygen atoms in total. The number of hydrogen-bond acceptors (Lipinski definition) is 3. The van der Waals surface area contributed by atoms with E-state index in [0.717, 1.165) is 16.8 Å². The molecule has 3 aromatic rings. The van der Waals surface area contributed by atoms with Crippen LogP contribution in [0.4, 0.5) is 14.9 Å². The number of H-pyrrole nitrogens is 1. The van der Waals surface area contributed by atoms with Crippen LogP contribution in [0.25, 0.3) is 0 Å². The summed E-state index contributed by atoms with van der Waals surface area (Å²) in [5.41, 5.74) is 2.70. The molecular weight excluding hydrogens is 333 g/mol. The Morgan fingerprint density at radius 2 is 2.00 bits per heavy atom. The van der Waals surface area contributed by atoms with E-state index in [4.69, 9.17) is 0 Å². The number of nitrogens with one attached hydrogen (secondary N) is 3. The Bertz CT molecular complexity index is 876. The molecule has 26 heavy (non-hydrogen) atoms. The van der Waals surface area contributed by atoms with Crippen LogP contribution in [-0.4, -0.2) is 27.8 Å². The molecule has 0 aliphatic heterocycles. The smallest absolute Gasteiger partial charge is 0.319 e. The largest absolute Gasteiger partial charge is 0.337 e. The first-order chi connectivity index (χ1) is 12.6. The molecule has 0 aliphatic rings. The van der Waals surface area contributed by atoms with E-state index in [0.29, 0.717) is 31.0 Å². The number of urea groups is 1. The number of benzene rings is 2. The number of carbonyl (C=O) groups is 1. The summed E-state index contributed by atoms with van der Waals surface area (Å²) in [5, 5.41) is 12.5. The fourth-order valence-corrected chi connectivity index (χ4v) is 2.47. The van der Waals surface area contributed by atoms with Crippen molar-refractivity contribution in [3.63, 3.8) is 0 Å².